The number of carbonyl (C=O) groups is 1. The maximum atomic E-state index is 12.9. The zero-order valence-electron chi connectivity index (χ0n) is 13.4. The SMILES string of the molecule is CCCSC1=NN2C(=c3cc(Br)ccc3=NC2c2ccsc2)C(=O)N1. The summed E-state index contributed by atoms with van der Waals surface area (Å²) in [6, 6.07) is 7.82. The van der Waals surface area contributed by atoms with Crippen LogP contribution < -0.4 is 15.9 Å². The molecular weight excluding hydrogens is 420 g/mol. The number of benzene rings is 1. The molecule has 4 rings (SSSR count). The molecule has 3 heterocycles. The van der Waals surface area contributed by atoms with E-state index in [1.165, 1.54) is 0 Å². The Morgan fingerprint density at radius 3 is 3.04 bits per heavy atom. The lowest BCUT2D eigenvalue weighted by Crippen LogP contribution is -2.50. The van der Waals surface area contributed by atoms with Crippen LogP contribution in [0.15, 0.2) is 49.6 Å². The van der Waals surface area contributed by atoms with Crippen molar-refractivity contribution in [3.05, 3.63) is 55.6 Å². The topological polar surface area (TPSA) is 57.1 Å². The first-order chi connectivity index (χ1) is 12.2. The van der Waals surface area contributed by atoms with E-state index in [2.05, 4.69) is 33.6 Å². The summed E-state index contributed by atoms with van der Waals surface area (Å²) in [6.45, 7) is 2.11. The molecule has 0 saturated heterocycles. The Morgan fingerprint density at radius 2 is 2.28 bits per heavy atom. The summed E-state index contributed by atoms with van der Waals surface area (Å²) in [5, 5.41) is 15.7. The Labute approximate surface area is 161 Å². The number of hydrogen-bond acceptors (Lipinski definition) is 6. The van der Waals surface area contributed by atoms with Gasteiger partial charge in [0.25, 0.3) is 5.91 Å². The van der Waals surface area contributed by atoms with Crippen molar-refractivity contribution in [2.45, 2.75) is 19.5 Å². The number of nitrogens with zero attached hydrogens (tertiary/aromatic N) is 3. The van der Waals surface area contributed by atoms with E-state index in [0.29, 0.717) is 10.9 Å². The van der Waals surface area contributed by atoms with Crippen LogP contribution in [0.1, 0.15) is 25.1 Å². The molecule has 8 heteroatoms. The highest BCUT2D eigenvalue weighted by molar-refractivity contribution is 9.10. The molecule has 1 atom stereocenters. The van der Waals surface area contributed by atoms with Crippen molar-refractivity contribution in [3.63, 3.8) is 0 Å². The molecule has 1 aromatic carbocycles. The van der Waals surface area contributed by atoms with Crippen LogP contribution in [0.25, 0.3) is 5.70 Å². The van der Waals surface area contributed by atoms with E-state index < -0.39 is 0 Å². The normalized spacial score (nSPS) is 18.9. The molecule has 0 bridgehead atoms. The molecule has 2 aliphatic heterocycles. The van der Waals surface area contributed by atoms with Crippen molar-refractivity contribution in [2.75, 3.05) is 5.75 Å². The number of nitrogens with one attached hydrogen (secondary N) is 1. The van der Waals surface area contributed by atoms with E-state index in [4.69, 9.17) is 10.1 Å². The van der Waals surface area contributed by atoms with Gasteiger partial charge in [-0.3, -0.25) is 15.1 Å². The van der Waals surface area contributed by atoms with Crippen LogP contribution in [0.3, 0.4) is 0 Å². The van der Waals surface area contributed by atoms with Gasteiger partial charge >= 0.3 is 0 Å². The van der Waals surface area contributed by atoms with E-state index in [9.17, 15) is 4.79 Å². The second-order valence-corrected chi connectivity index (χ2v) is 8.40. The smallest absolute Gasteiger partial charge is 0.276 e. The number of hydrazone groups is 1. The summed E-state index contributed by atoms with van der Waals surface area (Å²) in [5.41, 5.74) is 1.58. The fourth-order valence-corrected chi connectivity index (χ4v) is 4.49. The molecule has 0 saturated carbocycles. The predicted molar refractivity (Wildman–Crippen MR) is 106 cm³/mol. The lowest BCUT2D eigenvalue weighted by atomic mass is 10.1. The van der Waals surface area contributed by atoms with Gasteiger partial charge in [0, 0.05) is 21.0 Å². The summed E-state index contributed by atoms with van der Waals surface area (Å²) in [7, 11) is 0. The summed E-state index contributed by atoms with van der Waals surface area (Å²) in [5.74, 6) is 0.771. The molecule has 1 amide bonds. The number of fused-ring (bicyclic) bond motifs is 2. The molecular formula is C17H15BrN4OS2. The highest BCUT2D eigenvalue weighted by Crippen LogP contribution is 2.31. The third-order valence-electron chi connectivity index (χ3n) is 3.85. The minimum absolute atomic E-state index is 0.136. The molecule has 2 aliphatic rings. The number of hydrogen-bond donors (Lipinski definition) is 1. The van der Waals surface area contributed by atoms with Gasteiger partial charge in [-0.05, 0) is 41.4 Å². The van der Waals surface area contributed by atoms with Crippen molar-refractivity contribution in [1.82, 2.24) is 10.3 Å². The Balaban J connectivity index is 1.92. The highest BCUT2D eigenvalue weighted by Gasteiger charge is 2.34. The number of amidine groups is 1. The third kappa shape index (κ3) is 3.14. The van der Waals surface area contributed by atoms with E-state index in [1.54, 1.807) is 28.1 Å². The number of halogens is 1. The largest absolute Gasteiger partial charge is 0.298 e. The molecule has 25 heavy (non-hydrogen) atoms. The highest BCUT2D eigenvalue weighted by atomic mass is 79.9. The minimum atomic E-state index is -0.321. The quantitative estimate of drug-likeness (QED) is 0.807. The number of amides is 1. The fourth-order valence-electron chi connectivity index (χ4n) is 2.75. The standard InChI is InChI=1S/C17H15BrN4OS2/c1-2-6-25-17-20-16(23)14-12-8-11(18)3-4-13(12)19-15(22(14)21-17)10-5-7-24-9-10/h3-5,7-9,15H,2,6H2,1H3,(H,20,21,23). The zero-order chi connectivity index (χ0) is 17.4. The van der Waals surface area contributed by atoms with Crippen LogP contribution in [0.5, 0.6) is 0 Å². The molecule has 1 aromatic heterocycles. The van der Waals surface area contributed by atoms with Crippen LogP contribution in [-0.4, -0.2) is 21.8 Å². The monoisotopic (exact) mass is 434 g/mol. The molecule has 128 valence electrons. The Hall–Kier alpha value is -1.64. The Morgan fingerprint density at radius 1 is 1.40 bits per heavy atom. The second-order valence-electron chi connectivity index (χ2n) is 5.62. The number of thiophene rings is 1. The van der Waals surface area contributed by atoms with Gasteiger partial charge in [-0.2, -0.15) is 11.3 Å². The van der Waals surface area contributed by atoms with Crippen molar-refractivity contribution < 1.29 is 4.79 Å². The second kappa shape index (κ2) is 6.93. The predicted octanol–water partition coefficient (Wildman–Crippen LogP) is 2.80. The zero-order valence-corrected chi connectivity index (χ0v) is 16.6. The van der Waals surface area contributed by atoms with E-state index in [0.717, 1.165) is 32.8 Å². The van der Waals surface area contributed by atoms with Gasteiger partial charge in [0.2, 0.25) is 0 Å². The van der Waals surface area contributed by atoms with E-state index in [-0.39, 0.29) is 12.1 Å². The van der Waals surface area contributed by atoms with Gasteiger partial charge in [0.05, 0.1) is 5.36 Å². The van der Waals surface area contributed by atoms with Crippen molar-refractivity contribution in [1.29, 1.82) is 0 Å². The lowest BCUT2D eigenvalue weighted by molar-refractivity contribution is -0.116. The maximum Gasteiger partial charge on any atom is 0.276 e. The average molecular weight is 435 g/mol. The molecule has 5 nitrogen and oxygen atoms in total. The molecule has 0 radical (unpaired) electrons. The first kappa shape index (κ1) is 16.8. The van der Waals surface area contributed by atoms with Crippen LogP contribution in [0.2, 0.25) is 0 Å². The van der Waals surface area contributed by atoms with Crippen LogP contribution >= 0.6 is 39.0 Å². The van der Waals surface area contributed by atoms with Gasteiger partial charge in [0.1, 0.15) is 5.70 Å². The molecule has 0 fully saturated rings. The Kier molecular flexibility index (Phi) is 4.66. The third-order valence-corrected chi connectivity index (χ3v) is 6.12. The summed E-state index contributed by atoms with van der Waals surface area (Å²) in [4.78, 5) is 17.7. The molecule has 0 aliphatic carbocycles. The van der Waals surface area contributed by atoms with Crippen LogP contribution in [0, 0.1) is 0 Å². The van der Waals surface area contributed by atoms with Crippen molar-refractivity contribution in [2.24, 2.45) is 10.1 Å². The molecule has 1 unspecified atom stereocenters. The van der Waals surface area contributed by atoms with Gasteiger partial charge in [-0.25, -0.2) is 5.01 Å². The van der Waals surface area contributed by atoms with Crippen molar-refractivity contribution in [3.8, 4) is 0 Å². The van der Waals surface area contributed by atoms with Crippen LogP contribution in [-0.2, 0) is 4.79 Å². The molecule has 1 N–H and O–H groups in total. The number of rotatable bonds is 3. The first-order valence-electron chi connectivity index (χ1n) is 7.89. The summed E-state index contributed by atoms with van der Waals surface area (Å²) in [6.07, 6.45) is 0.697. The summed E-state index contributed by atoms with van der Waals surface area (Å²) >= 11 is 6.65. The van der Waals surface area contributed by atoms with Gasteiger partial charge < -0.3 is 0 Å². The maximum absolute atomic E-state index is 12.9. The Bertz CT molecular complexity index is 971. The van der Waals surface area contributed by atoms with E-state index >= 15 is 0 Å². The van der Waals surface area contributed by atoms with Gasteiger partial charge in [0.15, 0.2) is 11.3 Å². The van der Waals surface area contributed by atoms with Gasteiger partial charge in [-0.1, -0.05) is 34.6 Å². The fraction of sp³-hybridized carbons (Fsp3) is 0.235. The summed E-state index contributed by atoms with van der Waals surface area (Å²) < 4.78 is 0.908. The molecule has 0 spiro atoms. The lowest BCUT2D eigenvalue weighted by Gasteiger charge is -2.33. The minimum Gasteiger partial charge on any atom is -0.298 e. The average Bonchev–Trinajstić information content (AvgIpc) is 3.13. The first-order valence-corrected chi connectivity index (χ1v) is 10.6. The number of carbonyl (C=O) groups excluding carboxylic acids is 1. The van der Waals surface area contributed by atoms with Gasteiger partial charge in [-0.15, -0.1) is 5.10 Å². The molecule has 2 aromatic rings. The number of thioether (sulfide) groups is 1. The van der Waals surface area contributed by atoms with Crippen molar-refractivity contribution >= 4 is 55.8 Å². The van der Waals surface area contributed by atoms with Crippen LogP contribution in [0.4, 0.5) is 0 Å². The van der Waals surface area contributed by atoms with E-state index in [1.807, 2.05) is 29.6 Å².